The van der Waals surface area contributed by atoms with Crippen molar-refractivity contribution in [2.75, 3.05) is 13.1 Å². The van der Waals surface area contributed by atoms with Crippen LogP contribution in [-0.4, -0.2) is 48.2 Å². The number of amides is 1. The molecule has 0 saturated carbocycles. The van der Waals surface area contributed by atoms with Crippen LogP contribution in [0.15, 0.2) is 0 Å². The number of nitrogens with one attached hydrogen (secondary N) is 1. The van der Waals surface area contributed by atoms with Crippen molar-refractivity contribution in [3.05, 3.63) is 0 Å². The lowest BCUT2D eigenvalue weighted by Gasteiger charge is -2.21. The molecule has 1 amide bonds. The van der Waals surface area contributed by atoms with E-state index in [0.29, 0.717) is 18.6 Å². The lowest BCUT2D eigenvalue weighted by molar-refractivity contribution is -0.121. The molecular weight excluding hydrogens is 180 g/mol. The minimum atomic E-state index is 0.151. The molecule has 4 nitrogen and oxygen atoms in total. The molecule has 4 heteroatoms. The predicted molar refractivity (Wildman–Crippen MR) is 50.9 cm³/mol. The highest BCUT2D eigenvalue weighted by Crippen LogP contribution is 2.39. The molecule has 3 saturated heterocycles. The van der Waals surface area contributed by atoms with E-state index in [1.165, 1.54) is 0 Å². The zero-order valence-corrected chi connectivity index (χ0v) is 8.40. The van der Waals surface area contributed by atoms with Gasteiger partial charge in [-0.3, -0.25) is 9.69 Å². The summed E-state index contributed by atoms with van der Waals surface area (Å²) in [5.74, 6) is 0.151. The van der Waals surface area contributed by atoms with Gasteiger partial charge >= 0.3 is 0 Å². The van der Waals surface area contributed by atoms with Crippen molar-refractivity contribution in [2.45, 2.75) is 44.1 Å². The van der Waals surface area contributed by atoms with E-state index in [1.54, 1.807) is 0 Å². The standard InChI is InChI=1S/C10H16N2O2/c1-2-8(13)11-9-7-5-12-4-3-6(14-7)10(9)12/h6-7,9-10H,2-5H2,1H3,(H,11,13)/t6-,7+,9+,10+/m1/s1. The van der Waals surface area contributed by atoms with Gasteiger partial charge in [0.2, 0.25) is 5.91 Å². The maximum absolute atomic E-state index is 11.3. The third-order valence-electron chi connectivity index (χ3n) is 3.68. The molecule has 0 aliphatic carbocycles. The van der Waals surface area contributed by atoms with Crippen LogP contribution in [0, 0.1) is 0 Å². The fourth-order valence-corrected chi connectivity index (χ4v) is 3.05. The van der Waals surface area contributed by atoms with Gasteiger partial charge in [0.15, 0.2) is 0 Å². The van der Waals surface area contributed by atoms with Crippen LogP contribution < -0.4 is 5.32 Å². The molecule has 1 N–H and O–H groups in total. The van der Waals surface area contributed by atoms with Crippen LogP contribution in [0.3, 0.4) is 0 Å². The first kappa shape index (κ1) is 8.68. The molecular formula is C10H16N2O2. The van der Waals surface area contributed by atoms with Gasteiger partial charge in [0.1, 0.15) is 0 Å². The Hall–Kier alpha value is -0.610. The van der Waals surface area contributed by atoms with Gasteiger partial charge in [-0.1, -0.05) is 6.92 Å². The highest BCUT2D eigenvalue weighted by atomic mass is 16.5. The molecule has 0 aromatic heterocycles. The lowest BCUT2D eigenvalue weighted by Crippen LogP contribution is -2.44. The third kappa shape index (κ3) is 1.04. The van der Waals surface area contributed by atoms with E-state index in [0.717, 1.165) is 19.5 Å². The molecule has 0 spiro atoms. The summed E-state index contributed by atoms with van der Waals surface area (Å²) in [6.45, 7) is 4.04. The van der Waals surface area contributed by atoms with Gasteiger partial charge in [0.25, 0.3) is 0 Å². The normalized spacial score (nSPS) is 44.6. The lowest BCUT2D eigenvalue weighted by atomic mass is 10.1. The molecule has 0 radical (unpaired) electrons. The van der Waals surface area contributed by atoms with Gasteiger partial charge in [-0.05, 0) is 6.42 Å². The first-order valence-electron chi connectivity index (χ1n) is 5.48. The van der Waals surface area contributed by atoms with Crippen LogP contribution >= 0.6 is 0 Å². The Kier molecular flexibility index (Phi) is 1.82. The molecule has 3 rings (SSSR count). The summed E-state index contributed by atoms with van der Waals surface area (Å²) in [7, 11) is 0. The van der Waals surface area contributed by atoms with Crippen LogP contribution in [0.2, 0.25) is 0 Å². The number of hydrogen-bond donors (Lipinski definition) is 1. The molecule has 14 heavy (non-hydrogen) atoms. The molecule has 0 unspecified atom stereocenters. The molecule has 78 valence electrons. The van der Waals surface area contributed by atoms with Crippen LogP contribution in [-0.2, 0) is 9.53 Å². The van der Waals surface area contributed by atoms with Crippen LogP contribution in [0.4, 0.5) is 0 Å². The van der Waals surface area contributed by atoms with E-state index in [9.17, 15) is 4.79 Å². The smallest absolute Gasteiger partial charge is 0.220 e. The maximum atomic E-state index is 11.3. The molecule has 3 aliphatic heterocycles. The number of rotatable bonds is 2. The average molecular weight is 196 g/mol. The van der Waals surface area contributed by atoms with Gasteiger partial charge in [-0.25, -0.2) is 0 Å². The number of carbonyl (C=O) groups excluding carboxylic acids is 1. The molecule has 3 fully saturated rings. The Morgan fingerprint density at radius 3 is 3.14 bits per heavy atom. The number of fused-ring (bicyclic) bond motifs is 1. The fourth-order valence-electron chi connectivity index (χ4n) is 3.05. The van der Waals surface area contributed by atoms with Crippen molar-refractivity contribution in [1.82, 2.24) is 10.2 Å². The Balaban J connectivity index is 1.74. The second-order valence-electron chi connectivity index (χ2n) is 4.43. The van der Waals surface area contributed by atoms with Gasteiger partial charge in [-0.2, -0.15) is 0 Å². The number of morpholine rings is 1. The summed E-state index contributed by atoms with van der Waals surface area (Å²) < 4.78 is 5.85. The van der Waals surface area contributed by atoms with E-state index in [-0.39, 0.29) is 18.1 Å². The molecule has 4 atom stereocenters. The van der Waals surface area contributed by atoms with Crippen LogP contribution in [0.25, 0.3) is 0 Å². The summed E-state index contributed by atoms with van der Waals surface area (Å²) in [5, 5.41) is 3.09. The van der Waals surface area contributed by atoms with Crippen molar-refractivity contribution in [3.8, 4) is 0 Å². The summed E-state index contributed by atoms with van der Waals surface area (Å²) >= 11 is 0. The first-order valence-corrected chi connectivity index (χ1v) is 5.48. The number of ether oxygens (including phenoxy) is 1. The van der Waals surface area contributed by atoms with Crippen LogP contribution in [0.5, 0.6) is 0 Å². The second kappa shape index (κ2) is 2.94. The SMILES string of the molecule is CCC(=O)N[C@@H]1[C@@H]2[C@H]3CCN2C[C@@H]1O3. The Labute approximate surface area is 83.6 Å². The predicted octanol–water partition coefficient (Wildman–Crippen LogP) is -0.263. The number of nitrogens with zero attached hydrogens (tertiary/aromatic N) is 1. The number of hydrogen-bond acceptors (Lipinski definition) is 3. The van der Waals surface area contributed by atoms with Crippen molar-refractivity contribution < 1.29 is 9.53 Å². The number of carbonyl (C=O) groups is 1. The van der Waals surface area contributed by atoms with E-state index < -0.39 is 0 Å². The summed E-state index contributed by atoms with van der Waals surface area (Å²) in [5.41, 5.74) is 0. The summed E-state index contributed by atoms with van der Waals surface area (Å²) in [4.78, 5) is 13.8. The van der Waals surface area contributed by atoms with Crippen molar-refractivity contribution in [3.63, 3.8) is 0 Å². The van der Waals surface area contributed by atoms with E-state index in [2.05, 4.69) is 10.2 Å². The monoisotopic (exact) mass is 196 g/mol. The molecule has 3 aliphatic rings. The topological polar surface area (TPSA) is 41.6 Å². The van der Waals surface area contributed by atoms with Gasteiger partial charge in [0.05, 0.1) is 24.3 Å². The first-order chi connectivity index (χ1) is 6.79. The zero-order chi connectivity index (χ0) is 9.71. The quantitative estimate of drug-likeness (QED) is 0.661. The summed E-state index contributed by atoms with van der Waals surface area (Å²) in [6.07, 6.45) is 2.35. The maximum Gasteiger partial charge on any atom is 0.220 e. The van der Waals surface area contributed by atoms with E-state index in [4.69, 9.17) is 4.74 Å². The molecule has 3 heterocycles. The molecule has 0 aromatic carbocycles. The molecule has 2 bridgehead atoms. The van der Waals surface area contributed by atoms with Crippen molar-refractivity contribution >= 4 is 5.91 Å². The summed E-state index contributed by atoms with van der Waals surface area (Å²) in [6, 6.07) is 0.727. The van der Waals surface area contributed by atoms with E-state index >= 15 is 0 Å². The van der Waals surface area contributed by atoms with Gasteiger partial charge in [-0.15, -0.1) is 0 Å². The highest BCUT2D eigenvalue weighted by molar-refractivity contribution is 5.76. The third-order valence-corrected chi connectivity index (χ3v) is 3.68. The van der Waals surface area contributed by atoms with Crippen molar-refractivity contribution in [2.24, 2.45) is 0 Å². The van der Waals surface area contributed by atoms with Gasteiger partial charge < -0.3 is 10.1 Å². The van der Waals surface area contributed by atoms with Crippen LogP contribution in [0.1, 0.15) is 19.8 Å². The van der Waals surface area contributed by atoms with Gasteiger partial charge in [0, 0.05) is 19.5 Å². The highest BCUT2D eigenvalue weighted by Gasteiger charge is 2.57. The Bertz CT molecular complexity index is 255. The Morgan fingerprint density at radius 2 is 2.43 bits per heavy atom. The fraction of sp³-hybridized carbons (Fsp3) is 0.900. The Morgan fingerprint density at radius 1 is 1.57 bits per heavy atom. The minimum Gasteiger partial charge on any atom is -0.370 e. The van der Waals surface area contributed by atoms with Crippen molar-refractivity contribution in [1.29, 1.82) is 0 Å². The minimum absolute atomic E-state index is 0.151. The molecule has 0 aromatic rings. The second-order valence-corrected chi connectivity index (χ2v) is 4.43. The van der Waals surface area contributed by atoms with E-state index in [1.807, 2.05) is 6.92 Å². The zero-order valence-electron chi connectivity index (χ0n) is 8.40. The average Bonchev–Trinajstić information content (AvgIpc) is 2.74. The largest absolute Gasteiger partial charge is 0.370 e.